The number of carbonyl (C=O) groups is 3. The maximum atomic E-state index is 12.2. The van der Waals surface area contributed by atoms with E-state index in [-0.39, 0.29) is 29.1 Å². The van der Waals surface area contributed by atoms with Crippen LogP contribution in [0.3, 0.4) is 0 Å². The highest BCUT2D eigenvalue weighted by Gasteiger charge is 2.15. The number of hydrogen-bond acceptors (Lipinski definition) is 6. The number of rotatable bonds is 6. The van der Waals surface area contributed by atoms with Crippen LogP contribution < -0.4 is 5.32 Å². The third-order valence-corrected chi connectivity index (χ3v) is 3.88. The van der Waals surface area contributed by atoms with E-state index in [0.29, 0.717) is 17.3 Å². The Morgan fingerprint density at radius 3 is 2.15 bits per heavy atom. The lowest BCUT2D eigenvalue weighted by atomic mass is 10.1. The van der Waals surface area contributed by atoms with E-state index < -0.39 is 11.9 Å². The van der Waals surface area contributed by atoms with Crippen LogP contribution >= 0.6 is 11.6 Å². The number of benzene rings is 1. The fourth-order valence-electron chi connectivity index (χ4n) is 2.22. The van der Waals surface area contributed by atoms with E-state index in [1.807, 2.05) is 0 Å². The second-order valence-corrected chi connectivity index (χ2v) is 5.81. The molecule has 0 aliphatic rings. The van der Waals surface area contributed by atoms with Gasteiger partial charge >= 0.3 is 11.9 Å². The van der Waals surface area contributed by atoms with Gasteiger partial charge in [-0.25, -0.2) is 9.59 Å². The van der Waals surface area contributed by atoms with Gasteiger partial charge in [0.15, 0.2) is 0 Å². The van der Waals surface area contributed by atoms with Gasteiger partial charge in [0.1, 0.15) is 0 Å². The van der Waals surface area contributed by atoms with Gasteiger partial charge in [-0.2, -0.15) is 5.10 Å². The molecule has 2 rings (SSSR count). The quantitative estimate of drug-likeness (QED) is 0.774. The minimum atomic E-state index is -0.632. The van der Waals surface area contributed by atoms with Crippen molar-refractivity contribution in [3.63, 3.8) is 0 Å². The average molecular weight is 380 g/mol. The molecule has 1 aromatic heterocycles. The van der Waals surface area contributed by atoms with Crippen LogP contribution in [-0.2, 0) is 20.8 Å². The SMILES string of the molecule is COC(=O)c1cc(NC(=O)CCn2cc(Cl)c(C)n2)cc(C(=O)OC)c1. The van der Waals surface area contributed by atoms with Crippen molar-refractivity contribution in [3.05, 3.63) is 46.2 Å². The van der Waals surface area contributed by atoms with Gasteiger partial charge in [0.2, 0.25) is 5.91 Å². The highest BCUT2D eigenvalue weighted by molar-refractivity contribution is 6.31. The molecule has 0 radical (unpaired) electrons. The molecule has 0 aliphatic carbocycles. The summed E-state index contributed by atoms with van der Waals surface area (Å²) in [5.74, 6) is -1.58. The fourth-order valence-corrected chi connectivity index (χ4v) is 2.37. The molecular weight excluding hydrogens is 362 g/mol. The van der Waals surface area contributed by atoms with Gasteiger partial charge in [0.05, 0.1) is 36.1 Å². The molecule has 0 saturated heterocycles. The molecule has 0 aliphatic heterocycles. The van der Waals surface area contributed by atoms with Crippen LogP contribution in [0.5, 0.6) is 0 Å². The molecule has 8 nitrogen and oxygen atoms in total. The minimum absolute atomic E-state index is 0.125. The van der Waals surface area contributed by atoms with Crippen LogP contribution in [0.4, 0.5) is 5.69 Å². The molecule has 26 heavy (non-hydrogen) atoms. The van der Waals surface area contributed by atoms with E-state index in [1.165, 1.54) is 32.4 Å². The van der Waals surface area contributed by atoms with Crippen LogP contribution in [0, 0.1) is 6.92 Å². The first-order chi connectivity index (χ1) is 12.3. The van der Waals surface area contributed by atoms with Crippen molar-refractivity contribution < 1.29 is 23.9 Å². The highest BCUT2D eigenvalue weighted by Crippen LogP contribution is 2.18. The summed E-state index contributed by atoms with van der Waals surface area (Å²) < 4.78 is 10.9. The molecule has 138 valence electrons. The van der Waals surface area contributed by atoms with Crippen molar-refractivity contribution >= 4 is 35.1 Å². The standard InChI is InChI=1S/C17H18ClN3O5/c1-10-14(18)9-21(20-10)5-4-15(22)19-13-7-11(16(23)25-2)6-12(8-13)17(24)26-3/h6-9H,4-5H2,1-3H3,(H,19,22). The van der Waals surface area contributed by atoms with Crippen molar-refractivity contribution in [2.75, 3.05) is 19.5 Å². The van der Waals surface area contributed by atoms with Gasteiger partial charge in [-0.1, -0.05) is 11.6 Å². The van der Waals surface area contributed by atoms with E-state index in [9.17, 15) is 14.4 Å². The molecule has 0 saturated carbocycles. The van der Waals surface area contributed by atoms with Crippen molar-refractivity contribution in [3.8, 4) is 0 Å². The first-order valence-electron chi connectivity index (χ1n) is 7.65. The molecule has 0 bridgehead atoms. The predicted molar refractivity (Wildman–Crippen MR) is 94.3 cm³/mol. The normalized spacial score (nSPS) is 10.3. The van der Waals surface area contributed by atoms with Crippen LogP contribution in [0.25, 0.3) is 0 Å². The van der Waals surface area contributed by atoms with Crippen LogP contribution in [0.1, 0.15) is 32.8 Å². The van der Waals surface area contributed by atoms with Crippen molar-refractivity contribution in [2.45, 2.75) is 19.9 Å². The summed E-state index contributed by atoms with van der Waals surface area (Å²) in [4.78, 5) is 35.7. The Balaban J connectivity index is 2.12. The topological polar surface area (TPSA) is 99.5 Å². The number of amides is 1. The second-order valence-electron chi connectivity index (χ2n) is 5.41. The first-order valence-corrected chi connectivity index (χ1v) is 8.03. The van der Waals surface area contributed by atoms with Gasteiger partial charge in [0, 0.05) is 24.8 Å². The molecule has 1 heterocycles. The number of methoxy groups -OCH3 is 2. The smallest absolute Gasteiger partial charge is 0.337 e. The summed E-state index contributed by atoms with van der Waals surface area (Å²) in [7, 11) is 2.45. The van der Waals surface area contributed by atoms with Gasteiger partial charge < -0.3 is 14.8 Å². The van der Waals surface area contributed by atoms with Crippen molar-refractivity contribution in [2.24, 2.45) is 0 Å². The minimum Gasteiger partial charge on any atom is -0.465 e. The molecular formula is C17H18ClN3O5. The first kappa shape index (κ1) is 19.5. The highest BCUT2D eigenvalue weighted by atomic mass is 35.5. The second kappa shape index (κ2) is 8.48. The number of esters is 2. The van der Waals surface area contributed by atoms with Crippen LogP contribution in [0.2, 0.25) is 5.02 Å². The number of aryl methyl sites for hydroxylation is 2. The molecule has 1 amide bonds. The Morgan fingerprint density at radius 1 is 1.12 bits per heavy atom. The zero-order valence-electron chi connectivity index (χ0n) is 14.5. The van der Waals surface area contributed by atoms with Gasteiger partial charge in [-0.15, -0.1) is 0 Å². The largest absolute Gasteiger partial charge is 0.465 e. The van der Waals surface area contributed by atoms with Gasteiger partial charge in [0.25, 0.3) is 0 Å². The lowest BCUT2D eigenvalue weighted by molar-refractivity contribution is -0.116. The fraction of sp³-hybridized carbons (Fsp3) is 0.294. The van der Waals surface area contributed by atoms with Crippen LogP contribution in [-0.4, -0.2) is 41.8 Å². The Morgan fingerprint density at radius 2 is 1.69 bits per heavy atom. The lowest BCUT2D eigenvalue weighted by Crippen LogP contribution is -2.16. The zero-order valence-corrected chi connectivity index (χ0v) is 15.3. The summed E-state index contributed by atoms with van der Waals surface area (Å²) in [6.45, 7) is 2.10. The molecule has 1 N–H and O–H groups in total. The zero-order chi connectivity index (χ0) is 19.3. The molecule has 0 unspecified atom stereocenters. The lowest BCUT2D eigenvalue weighted by Gasteiger charge is -2.09. The summed E-state index contributed by atoms with van der Waals surface area (Å²) in [6, 6.07) is 4.18. The van der Waals surface area contributed by atoms with Gasteiger partial charge in [-0.05, 0) is 25.1 Å². The van der Waals surface area contributed by atoms with E-state index in [0.717, 1.165) is 0 Å². The van der Waals surface area contributed by atoms with Gasteiger partial charge in [-0.3, -0.25) is 9.48 Å². The average Bonchev–Trinajstić information content (AvgIpc) is 2.96. The van der Waals surface area contributed by atoms with Crippen molar-refractivity contribution in [1.29, 1.82) is 0 Å². The monoisotopic (exact) mass is 379 g/mol. The van der Waals surface area contributed by atoms with E-state index in [4.69, 9.17) is 11.6 Å². The van der Waals surface area contributed by atoms with Crippen molar-refractivity contribution in [1.82, 2.24) is 9.78 Å². The summed E-state index contributed by atoms with van der Waals surface area (Å²) >= 11 is 5.92. The molecule has 2 aromatic rings. The third-order valence-electron chi connectivity index (χ3n) is 3.51. The number of ether oxygens (including phenoxy) is 2. The Kier molecular flexibility index (Phi) is 6.35. The van der Waals surface area contributed by atoms with E-state index >= 15 is 0 Å². The van der Waals surface area contributed by atoms with E-state index in [2.05, 4.69) is 19.9 Å². The summed E-state index contributed by atoms with van der Waals surface area (Å²) in [5.41, 5.74) is 1.22. The number of hydrogen-bond donors (Lipinski definition) is 1. The Bertz CT molecular complexity index is 793. The maximum absolute atomic E-state index is 12.2. The number of carbonyl (C=O) groups excluding carboxylic acids is 3. The summed E-state index contributed by atoms with van der Waals surface area (Å²) in [6.07, 6.45) is 1.77. The Labute approximate surface area is 155 Å². The maximum Gasteiger partial charge on any atom is 0.337 e. The third kappa shape index (κ3) is 4.82. The molecule has 0 atom stereocenters. The van der Waals surface area contributed by atoms with E-state index in [1.54, 1.807) is 17.8 Å². The molecule has 9 heteroatoms. The number of aromatic nitrogens is 2. The number of nitrogens with zero attached hydrogens (tertiary/aromatic N) is 2. The number of anilines is 1. The number of nitrogens with one attached hydrogen (secondary N) is 1. The molecule has 0 spiro atoms. The Hall–Kier alpha value is -2.87. The molecule has 1 aromatic carbocycles. The molecule has 0 fully saturated rings. The predicted octanol–water partition coefficient (Wildman–Crippen LogP) is 2.45. The number of halogens is 1. The van der Waals surface area contributed by atoms with Crippen LogP contribution in [0.15, 0.2) is 24.4 Å². The summed E-state index contributed by atoms with van der Waals surface area (Å²) in [5, 5.41) is 7.34.